The van der Waals surface area contributed by atoms with Crippen molar-refractivity contribution in [3.05, 3.63) is 71.8 Å². The van der Waals surface area contributed by atoms with Gasteiger partial charge in [0.05, 0.1) is 19.3 Å². The van der Waals surface area contributed by atoms with E-state index in [9.17, 15) is 9.59 Å². The second-order valence-electron chi connectivity index (χ2n) is 6.41. The van der Waals surface area contributed by atoms with Crippen molar-refractivity contribution < 1.29 is 19.1 Å². The zero-order chi connectivity index (χ0) is 19.1. The summed E-state index contributed by atoms with van der Waals surface area (Å²) in [5, 5.41) is 2.87. The van der Waals surface area contributed by atoms with Crippen molar-refractivity contribution in [2.75, 3.05) is 33.4 Å². The standard InChI is InChI=1S/C21H24N2O4/c1-26-12-13-27-18-14-23(15-18)21(25)19(16-8-4-2-5-9-16)22-20(24)17-10-6-3-7-11-17/h2-11,18-19H,12-15H2,1H3,(H,22,24)/t19-/m1/s1. The highest BCUT2D eigenvalue weighted by Gasteiger charge is 2.36. The van der Waals surface area contributed by atoms with E-state index in [4.69, 9.17) is 9.47 Å². The zero-order valence-corrected chi connectivity index (χ0v) is 15.3. The molecule has 1 saturated heterocycles. The highest BCUT2D eigenvalue weighted by atomic mass is 16.5. The lowest BCUT2D eigenvalue weighted by molar-refractivity contribution is -0.148. The molecular weight excluding hydrogens is 344 g/mol. The number of nitrogens with zero attached hydrogens (tertiary/aromatic N) is 1. The molecule has 0 bridgehead atoms. The molecule has 0 radical (unpaired) electrons. The minimum Gasteiger partial charge on any atom is -0.382 e. The number of amides is 2. The van der Waals surface area contributed by atoms with Gasteiger partial charge in [-0.15, -0.1) is 0 Å². The molecule has 2 aromatic carbocycles. The van der Waals surface area contributed by atoms with Crippen molar-refractivity contribution in [3.8, 4) is 0 Å². The van der Waals surface area contributed by atoms with Crippen LogP contribution in [-0.2, 0) is 14.3 Å². The summed E-state index contributed by atoms with van der Waals surface area (Å²) in [5.74, 6) is -0.400. The van der Waals surface area contributed by atoms with Crippen LogP contribution in [0.15, 0.2) is 60.7 Å². The normalized spacial score (nSPS) is 15.1. The molecule has 0 aromatic heterocycles. The van der Waals surface area contributed by atoms with Crippen LogP contribution in [0.25, 0.3) is 0 Å². The number of likely N-dealkylation sites (tertiary alicyclic amines) is 1. The summed E-state index contributed by atoms with van der Waals surface area (Å²) < 4.78 is 10.6. The van der Waals surface area contributed by atoms with Gasteiger partial charge in [0.1, 0.15) is 6.04 Å². The Morgan fingerprint density at radius 3 is 2.30 bits per heavy atom. The first kappa shape index (κ1) is 19.1. The Labute approximate surface area is 159 Å². The van der Waals surface area contributed by atoms with Crippen LogP contribution in [0.3, 0.4) is 0 Å². The third-order valence-corrected chi connectivity index (χ3v) is 4.49. The van der Waals surface area contributed by atoms with Crippen molar-refractivity contribution in [2.45, 2.75) is 12.1 Å². The third-order valence-electron chi connectivity index (χ3n) is 4.49. The van der Waals surface area contributed by atoms with Gasteiger partial charge in [-0.1, -0.05) is 48.5 Å². The molecule has 2 amide bonds. The van der Waals surface area contributed by atoms with E-state index in [1.165, 1.54) is 0 Å². The van der Waals surface area contributed by atoms with E-state index in [1.54, 1.807) is 36.3 Å². The molecule has 0 unspecified atom stereocenters. The molecule has 1 aliphatic heterocycles. The van der Waals surface area contributed by atoms with E-state index >= 15 is 0 Å². The molecular formula is C21H24N2O4. The van der Waals surface area contributed by atoms with Gasteiger partial charge in [-0.05, 0) is 17.7 Å². The van der Waals surface area contributed by atoms with Gasteiger partial charge in [0.15, 0.2) is 0 Å². The van der Waals surface area contributed by atoms with Crippen LogP contribution < -0.4 is 5.32 Å². The predicted molar refractivity (Wildman–Crippen MR) is 101 cm³/mol. The first-order chi connectivity index (χ1) is 13.2. The largest absolute Gasteiger partial charge is 0.382 e. The molecule has 0 aliphatic carbocycles. The summed E-state index contributed by atoms with van der Waals surface area (Å²) in [7, 11) is 1.62. The molecule has 1 heterocycles. The van der Waals surface area contributed by atoms with Crippen LogP contribution in [0, 0.1) is 0 Å². The third kappa shape index (κ3) is 4.93. The second kappa shape index (κ2) is 9.30. The van der Waals surface area contributed by atoms with E-state index < -0.39 is 6.04 Å². The number of benzene rings is 2. The van der Waals surface area contributed by atoms with Gasteiger partial charge < -0.3 is 19.7 Å². The first-order valence-electron chi connectivity index (χ1n) is 8.99. The smallest absolute Gasteiger partial charge is 0.252 e. The van der Waals surface area contributed by atoms with E-state index in [1.807, 2.05) is 36.4 Å². The van der Waals surface area contributed by atoms with Crippen molar-refractivity contribution in [1.82, 2.24) is 10.2 Å². The number of ether oxygens (including phenoxy) is 2. The summed E-state index contributed by atoms with van der Waals surface area (Å²) in [6, 6.07) is 17.5. The van der Waals surface area contributed by atoms with Crippen LogP contribution in [-0.4, -0.2) is 56.2 Å². The monoisotopic (exact) mass is 368 g/mol. The van der Waals surface area contributed by atoms with Crippen LogP contribution in [0.1, 0.15) is 22.0 Å². The number of hydrogen-bond acceptors (Lipinski definition) is 4. The Kier molecular flexibility index (Phi) is 6.57. The maximum atomic E-state index is 13.0. The SMILES string of the molecule is COCCOC1CN(C(=O)[C@H](NC(=O)c2ccccc2)c2ccccc2)C1. The van der Waals surface area contributed by atoms with Crippen LogP contribution in [0.4, 0.5) is 0 Å². The second-order valence-corrected chi connectivity index (χ2v) is 6.41. The van der Waals surface area contributed by atoms with Gasteiger partial charge in [-0.25, -0.2) is 0 Å². The number of rotatable bonds is 8. The lowest BCUT2D eigenvalue weighted by Crippen LogP contribution is -2.57. The maximum Gasteiger partial charge on any atom is 0.252 e. The van der Waals surface area contributed by atoms with Crippen LogP contribution >= 0.6 is 0 Å². The summed E-state index contributed by atoms with van der Waals surface area (Å²) in [6.45, 7) is 2.08. The van der Waals surface area contributed by atoms with Gasteiger partial charge in [-0.3, -0.25) is 9.59 Å². The molecule has 3 rings (SSSR count). The van der Waals surface area contributed by atoms with E-state index in [0.29, 0.717) is 31.9 Å². The average Bonchev–Trinajstić information content (AvgIpc) is 2.68. The summed E-state index contributed by atoms with van der Waals surface area (Å²) >= 11 is 0. The number of nitrogens with one attached hydrogen (secondary N) is 1. The molecule has 1 aliphatic rings. The van der Waals surface area contributed by atoms with Crippen LogP contribution in [0.2, 0.25) is 0 Å². The lowest BCUT2D eigenvalue weighted by Gasteiger charge is -2.40. The molecule has 0 saturated carbocycles. The number of methoxy groups -OCH3 is 1. The van der Waals surface area contributed by atoms with Gasteiger partial charge in [0, 0.05) is 25.8 Å². The van der Waals surface area contributed by atoms with E-state index in [0.717, 1.165) is 5.56 Å². The molecule has 1 atom stereocenters. The van der Waals surface area contributed by atoms with Crippen molar-refractivity contribution >= 4 is 11.8 Å². The summed E-state index contributed by atoms with van der Waals surface area (Å²) in [5.41, 5.74) is 1.28. The fourth-order valence-corrected chi connectivity index (χ4v) is 2.94. The summed E-state index contributed by atoms with van der Waals surface area (Å²) in [4.78, 5) is 27.3. The molecule has 0 spiro atoms. The first-order valence-corrected chi connectivity index (χ1v) is 8.99. The maximum absolute atomic E-state index is 13.0. The highest BCUT2D eigenvalue weighted by molar-refractivity contribution is 5.98. The Hall–Kier alpha value is -2.70. The van der Waals surface area contributed by atoms with Crippen molar-refractivity contribution in [1.29, 1.82) is 0 Å². The topological polar surface area (TPSA) is 67.9 Å². The van der Waals surface area contributed by atoms with E-state index in [2.05, 4.69) is 5.32 Å². The Morgan fingerprint density at radius 1 is 1.04 bits per heavy atom. The number of carbonyl (C=O) groups excluding carboxylic acids is 2. The van der Waals surface area contributed by atoms with Crippen LogP contribution in [0.5, 0.6) is 0 Å². The Balaban J connectivity index is 1.66. The fourth-order valence-electron chi connectivity index (χ4n) is 2.94. The molecule has 1 fully saturated rings. The van der Waals surface area contributed by atoms with Crippen molar-refractivity contribution in [3.63, 3.8) is 0 Å². The summed E-state index contributed by atoms with van der Waals surface area (Å²) in [6.07, 6.45) is 0.0188. The molecule has 6 heteroatoms. The van der Waals surface area contributed by atoms with Crippen molar-refractivity contribution in [2.24, 2.45) is 0 Å². The number of carbonyl (C=O) groups is 2. The molecule has 142 valence electrons. The Morgan fingerprint density at radius 2 is 1.67 bits per heavy atom. The highest BCUT2D eigenvalue weighted by Crippen LogP contribution is 2.21. The molecule has 6 nitrogen and oxygen atoms in total. The average molecular weight is 368 g/mol. The number of hydrogen-bond donors (Lipinski definition) is 1. The predicted octanol–water partition coefficient (Wildman–Crippen LogP) is 2.03. The van der Waals surface area contributed by atoms with E-state index in [-0.39, 0.29) is 17.9 Å². The molecule has 1 N–H and O–H groups in total. The Bertz CT molecular complexity index is 745. The lowest BCUT2D eigenvalue weighted by atomic mass is 10.0. The minimum absolute atomic E-state index is 0.0188. The quantitative estimate of drug-likeness (QED) is 0.724. The molecule has 2 aromatic rings. The van der Waals surface area contributed by atoms with Gasteiger partial charge in [0.2, 0.25) is 5.91 Å². The minimum atomic E-state index is -0.723. The van der Waals surface area contributed by atoms with Gasteiger partial charge >= 0.3 is 0 Å². The fraction of sp³-hybridized carbons (Fsp3) is 0.333. The van der Waals surface area contributed by atoms with Gasteiger partial charge in [-0.2, -0.15) is 0 Å². The zero-order valence-electron chi connectivity index (χ0n) is 15.3. The van der Waals surface area contributed by atoms with Gasteiger partial charge in [0.25, 0.3) is 5.91 Å². The molecule has 27 heavy (non-hydrogen) atoms.